The van der Waals surface area contributed by atoms with Crippen molar-refractivity contribution < 1.29 is 4.79 Å². The van der Waals surface area contributed by atoms with Crippen molar-refractivity contribution in [1.82, 2.24) is 4.90 Å². The molecule has 5 heteroatoms. The van der Waals surface area contributed by atoms with Crippen molar-refractivity contribution in [3.63, 3.8) is 0 Å². The monoisotopic (exact) mass is 254 g/mol. The summed E-state index contributed by atoms with van der Waals surface area (Å²) in [4.78, 5) is 13.7. The topological polar surface area (TPSA) is 79.9 Å². The average Bonchev–Trinajstić information content (AvgIpc) is 2.48. The minimum absolute atomic E-state index is 0.0690. The lowest BCUT2D eigenvalue weighted by molar-refractivity contribution is 0.189. The standard InChI is InChI=1S/C14H14N4O/c15-8-11-3-5-13(6-4-11)17-14(19)18-7-1-2-12(9-16)10-18/h3-6,12H,1-2,7,10H2,(H,17,19). The number of carbonyl (C=O) groups is 1. The van der Waals surface area contributed by atoms with Gasteiger partial charge in [-0.25, -0.2) is 4.79 Å². The molecule has 1 unspecified atom stereocenters. The lowest BCUT2D eigenvalue weighted by atomic mass is 10.0. The second kappa shape index (κ2) is 5.88. The van der Waals surface area contributed by atoms with Crippen molar-refractivity contribution in [1.29, 1.82) is 10.5 Å². The fraction of sp³-hybridized carbons (Fsp3) is 0.357. The van der Waals surface area contributed by atoms with Gasteiger partial charge in [0.25, 0.3) is 0 Å². The number of carbonyl (C=O) groups excluding carboxylic acids is 1. The molecule has 1 aliphatic rings. The molecular weight excluding hydrogens is 240 g/mol. The van der Waals surface area contributed by atoms with E-state index >= 15 is 0 Å². The first kappa shape index (κ1) is 12.9. The Labute approximate surface area is 112 Å². The summed E-state index contributed by atoms with van der Waals surface area (Å²) in [5.74, 6) is -0.0690. The zero-order valence-corrected chi connectivity index (χ0v) is 10.5. The van der Waals surface area contributed by atoms with E-state index in [0.717, 1.165) is 12.8 Å². The van der Waals surface area contributed by atoms with Crippen LogP contribution in [0.4, 0.5) is 10.5 Å². The van der Waals surface area contributed by atoms with Crippen LogP contribution in [0.1, 0.15) is 18.4 Å². The highest BCUT2D eigenvalue weighted by molar-refractivity contribution is 5.89. The second-order valence-electron chi connectivity index (χ2n) is 4.53. The molecular formula is C14H14N4O. The maximum Gasteiger partial charge on any atom is 0.321 e. The van der Waals surface area contributed by atoms with Gasteiger partial charge in [0.05, 0.1) is 23.6 Å². The van der Waals surface area contributed by atoms with Gasteiger partial charge in [0.15, 0.2) is 0 Å². The van der Waals surface area contributed by atoms with Crippen LogP contribution in [0.2, 0.25) is 0 Å². The number of amides is 2. The molecule has 0 radical (unpaired) electrons. The number of anilines is 1. The van der Waals surface area contributed by atoms with Crippen LogP contribution in [0.15, 0.2) is 24.3 Å². The van der Waals surface area contributed by atoms with Crippen LogP contribution in [0.3, 0.4) is 0 Å². The first-order chi connectivity index (χ1) is 9.22. The van der Waals surface area contributed by atoms with E-state index in [1.54, 1.807) is 29.2 Å². The highest BCUT2D eigenvalue weighted by atomic mass is 16.2. The summed E-state index contributed by atoms with van der Waals surface area (Å²) in [5, 5.41) is 20.4. The van der Waals surface area contributed by atoms with E-state index in [1.165, 1.54) is 0 Å². The summed E-state index contributed by atoms with van der Waals surface area (Å²) in [6, 6.07) is 10.8. The van der Waals surface area contributed by atoms with E-state index in [9.17, 15) is 4.79 Å². The molecule has 2 amide bonds. The molecule has 1 fully saturated rings. The quantitative estimate of drug-likeness (QED) is 0.835. The second-order valence-corrected chi connectivity index (χ2v) is 4.53. The van der Waals surface area contributed by atoms with Crippen LogP contribution in [-0.2, 0) is 0 Å². The Morgan fingerprint density at radius 1 is 1.32 bits per heavy atom. The predicted molar refractivity (Wildman–Crippen MR) is 70.1 cm³/mol. The van der Waals surface area contributed by atoms with Crippen LogP contribution < -0.4 is 5.32 Å². The van der Waals surface area contributed by atoms with Gasteiger partial charge in [-0.1, -0.05) is 0 Å². The minimum Gasteiger partial charge on any atom is -0.323 e. The number of piperidine rings is 1. The van der Waals surface area contributed by atoms with Gasteiger partial charge < -0.3 is 10.2 Å². The van der Waals surface area contributed by atoms with E-state index in [2.05, 4.69) is 11.4 Å². The molecule has 5 nitrogen and oxygen atoms in total. The average molecular weight is 254 g/mol. The normalized spacial score (nSPS) is 18.2. The molecule has 0 bridgehead atoms. The van der Waals surface area contributed by atoms with Gasteiger partial charge in [-0.15, -0.1) is 0 Å². The van der Waals surface area contributed by atoms with Crippen molar-refractivity contribution >= 4 is 11.7 Å². The molecule has 1 saturated heterocycles. The molecule has 1 atom stereocenters. The number of urea groups is 1. The molecule has 0 saturated carbocycles. The van der Waals surface area contributed by atoms with Crippen LogP contribution >= 0.6 is 0 Å². The van der Waals surface area contributed by atoms with Gasteiger partial charge >= 0.3 is 6.03 Å². The Bertz CT molecular complexity index is 538. The fourth-order valence-corrected chi connectivity index (χ4v) is 2.10. The zero-order valence-electron chi connectivity index (χ0n) is 10.5. The fourth-order valence-electron chi connectivity index (χ4n) is 2.10. The number of benzene rings is 1. The number of hydrogen-bond donors (Lipinski definition) is 1. The van der Waals surface area contributed by atoms with Gasteiger partial charge in [0.2, 0.25) is 0 Å². The molecule has 1 aromatic carbocycles. The molecule has 1 heterocycles. The lowest BCUT2D eigenvalue weighted by Crippen LogP contribution is -2.42. The number of nitrogens with zero attached hydrogens (tertiary/aromatic N) is 3. The van der Waals surface area contributed by atoms with E-state index in [4.69, 9.17) is 10.5 Å². The first-order valence-electron chi connectivity index (χ1n) is 6.18. The maximum atomic E-state index is 12.0. The minimum atomic E-state index is -0.190. The molecule has 96 valence electrons. The third kappa shape index (κ3) is 3.23. The van der Waals surface area contributed by atoms with Crippen LogP contribution in [0.5, 0.6) is 0 Å². The third-order valence-corrected chi connectivity index (χ3v) is 3.16. The number of nitriles is 2. The van der Waals surface area contributed by atoms with E-state index in [-0.39, 0.29) is 11.9 Å². The van der Waals surface area contributed by atoms with Crippen molar-refractivity contribution in [2.45, 2.75) is 12.8 Å². The summed E-state index contributed by atoms with van der Waals surface area (Å²) in [5.41, 5.74) is 1.21. The van der Waals surface area contributed by atoms with Gasteiger partial charge in [0.1, 0.15) is 0 Å². The Kier molecular flexibility index (Phi) is 4.00. The van der Waals surface area contributed by atoms with Crippen LogP contribution in [-0.4, -0.2) is 24.0 Å². The number of rotatable bonds is 1. The van der Waals surface area contributed by atoms with Gasteiger partial charge in [0, 0.05) is 18.8 Å². The summed E-state index contributed by atoms with van der Waals surface area (Å²) < 4.78 is 0. The molecule has 1 aromatic rings. The van der Waals surface area contributed by atoms with Crippen molar-refractivity contribution in [3.05, 3.63) is 29.8 Å². The molecule has 2 rings (SSSR count). The highest BCUT2D eigenvalue weighted by Gasteiger charge is 2.23. The predicted octanol–water partition coefficient (Wildman–Crippen LogP) is 2.33. The zero-order chi connectivity index (χ0) is 13.7. The Morgan fingerprint density at radius 2 is 2.05 bits per heavy atom. The Morgan fingerprint density at radius 3 is 2.68 bits per heavy atom. The number of hydrogen-bond acceptors (Lipinski definition) is 3. The van der Waals surface area contributed by atoms with Gasteiger partial charge in [-0.3, -0.25) is 0 Å². The summed E-state index contributed by atoms with van der Waals surface area (Å²) >= 11 is 0. The lowest BCUT2D eigenvalue weighted by Gasteiger charge is -2.29. The van der Waals surface area contributed by atoms with Crippen LogP contribution in [0.25, 0.3) is 0 Å². The largest absolute Gasteiger partial charge is 0.323 e. The molecule has 0 aromatic heterocycles. The molecule has 0 spiro atoms. The number of nitrogens with one attached hydrogen (secondary N) is 1. The SMILES string of the molecule is N#Cc1ccc(NC(=O)N2CCCC(C#N)C2)cc1. The van der Waals surface area contributed by atoms with Crippen LogP contribution in [0, 0.1) is 28.6 Å². The van der Waals surface area contributed by atoms with Gasteiger partial charge in [-0.05, 0) is 37.1 Å². The Hall–Kier alpha value is -2.53. The highest BCUT2D eigenvalue weighted by Crippen LogP contribution is 2.17. The third-order valence-electron chi connectivity index (χ3n) is 3.16. The summed E-state index contributed by atoms with van der Waals surface area (Å²) in [6.45, 7) is 1.17. The van der Waals surface area contributed by atoms with E-state index in [0.29, 0.717) is 24.3 Å². The molecule has 1 N–H and O–H groups in total. The van der Waals surface area contributed by atoms with Crippen molar-refractivity contribution in [2.24, 2.45) is 5.92 Å². The maximum absolute atomic E-state index is 12.0. The number of likely N-dealkylation sites (tertiary alicyclic amines) is 1. The van der Waals surface area contributed by atoms with E-state index < -0.39 is 0 Å². The smallest absolute Gasteiger partial charge is 0.321 e. The molecule has 0 aliphatic carbocycles. The van der Waals surface area contributed by atoms with Crippen molar-refractivity contribution in [3.8, 4) is 12.1 Å². The van der Waals surface area contributed by atoms with E-state index in [1.807, 2.05) is 6.07 Å². The first-order valence-corrected chi connectivity index (χ1v) is 6.18. The van der Waals surface area contributed by atoms with Crippen molar-refractivity contribution in [2.75, 3.05) is 18.4 Å². The summed E-state index contributed by atoms with van der Waals surface area (Å²) in [6.07, 6.45) is 1.72. The Balaban J connectivity index is 1.97. The molecule has 19 heavy (non-hydrogen) atoms. The van der Waals surface area contributed by atoms with Gasteiger partial charge in [-0.2, -0.15) is 10.5 Å². The summed E-state index contributed by atoms with van der Waals surface area (Å²) in [7, 11) is 0. The molecule has 1 aliphatic heterocycles.